The molecule has 0 rings (SSSR count). The van der Waals surface area contributed by atoms with Crippen LogP contribution in [0.2, 0.25) is 0 Å². The monoisotopic (exact) mass is 365 g/mol. The highest BCUT2D eigenvalue weighted by Gasteiger charge is 2.16. The highest BCUT2D eigenvalue weighted by molar-refractivity contribution is 5.75. The molecule has 0 aromatic carbocycles. The van der Waals surface area contributed by atoms with Gasteiger partial charge in [-0.3, -0.25) is 9.80 Å². The van der Waals surface area contributed by atoms with Gasteiger partial charge in [0.2, 0.25) is 5.91 Å². The molecule has 0 aliphatic carbocycles. The number of hydrogen-bond acceptors (Lipinski definition) is 4. The molecule has 0 aromatic heterocycles. The Morgan fingerprint density at radius 3 is 2.42 bits per heavy atom. The second-order valence-electron chi connectivity index (χ2n) is 6.20. The van der Waals surface area contributed by atoms with Crippen LogP contribution in [0, 0.1) is 0 Å². The maximum Gasteiger partial charge on any atom is 0.242 e. The molecule has 0 aromatic rings. The topological polar surface area (TPSA) is 44.8 Å². The maximum absolute atomic E-state index is 12.4. The molecule has 26 heavy (non-hydrogen) atoms. The van der Waals surface area contributed by atoms with Crippen LogP contribution < -0.4 is 5.32 Å². The van der Waals surface area contributed by atoms with Crippen LogP contribution in [0.4, 0.5) is 0 Å². The molecule has 1 N–H and O–H groups in total. The van der Waals surface area contributed by atoms with Crippen LogP contribution in [0.15, 0.2) is 37.3 Å². The van der Waals surface area contributed by atoms with Crippen molar-refractivity contribution in [1.29, 1.82) is 0 Å². The molecule has 0 spiro atoms. The molecule has 0 heterocycles. The fourth-order valence-electron chi connectivity index (χ4n) is 2.50. The van der Waals surface area contributed by atoms with Gasteiger partial charge in [-0.2, -0.15) is 0 Å². The standard InChI is InChI=1S/C21H39N3O2/c1-6-20(4)26-18-16-14-12-10-9-11-13-15-17-21(25)24(19-22-5)23(7-2)8-3/h7,12,14,22H,2,4,6,8-11,13,15-19H2,1,3,5H3/b14-12+. The molecule has 1 amide bonds. The molecule has 0 aliphatic heterocycles. The Morgan fingerprint density at radius 1 is 1.12 bits per heavy atom. The van der Waals surface area contributed by atoms with Gasteiger partial charge < -0.3 is 10.1 Å². The van der Waals surface area contributed by atoms with Gasteiger partial charge in [0, 0.05) is 25.6 Å². The minimum absolute atomic E-state index is 0.148. The number of ether oxygens (including phenoxy) is 1. The molecular formula is C21H39N3O2. The molecule has 0 saturated carbocycles. The van der Waals surface area contributed by atoms with E-state index in [0.717, 1.165) is 50.8 Å². The zero-order chi connectivity index (χ0) is 19.6. The van der Waals surface area contributed by atoms with Crippen LogP contribution in [-0.4, -0.2) is 42.8 Å². The van der Waals surface area contributed by atoms with Crippen LogP contribution in [0.3, 0.4) is 0 Å². The molecule has 0 unspecified atom stereocenters. The van der Waals surface area contributed by atoms with Crippen LogP contribution in [0.5, 0.6) is 0 Å². The van der Waals surface area contributed by atoms with Crippen molar-refractivity contribution < 1.29 is 9.53 Å². The Balaban J connectivity index is 3.76. The highest BCUT2D eigenvalue weighted by atomic mass is 16.5. The predicted octanol–water partition coefficient (Wildman–Crippen LogP) is 4.60. The van der Waals surface area contributed by atoms with Gasteiger partial charge in [0.15, 0.2) is 0 Å². The second-order valence-corrected chi connectivity index (χ2v) is 6.20. The van der Waals surface area contributed by atoms with E-state index in [-0.39, 0.29) is 5.91 Å². The van der Waals surface area contributed by atoms with E-state index in [0.29, 0.717) is 19.7 Å². The summed E-state index contributed by atoms with van der Waals surface area (Å²) in [5.74, 6) is 1.01. The number of hydrogen-bond donors (Lipinski definition) is 1. The number of allylic oxidation sites excluding steroid dienone is 2. The van der Waals surface area contributed by atoms with Crippen molar-refractivity contribution in [1.82, 2.24) is 15.3 Å². The van der Waals surface area contributed by atoms with Crippen molar-refractivity contribution in [3.05, 3.63) is 37.3 Å². The van der Waals surface area contributed by atoms with Crippen molar-refractivity contribution >= 4 is 5.91 Å². The molecule has 150 valence electrons. The molecule has 0 radical (unpaired) electrons. The normalized spacial score (nSPS) is 10.7. The third kappa shape index (κ3) is 11.7. The number of nitrogens with zero attached hydrogens (tertiary/aromatic N) is 2. The average molecular weight is 366 g/mol. The lowest BCUT2D eigenvalue weighted by atomic mass is 10.1. The average Bonchev–Trinajstić information content (AvgIpc) is 2.65. The Bertz CT molecular complexity index is 421. The molecule has 0 aliphatic rings. The number of amides is 1. The van der Waals surface area contributed by atoms with E-state index in [2.05, 4.69) is 30.6 Å². The van der Waals surface area contributed by atoms with Crippen molar-refractivity contribution in [2.45, 2.75) is 65.2 Å². The summed E-state index contributed by atoms with van der Waals surface area (Å²) in [4.78, 5) is 12.4. The number of nitrogens with one attached hydrogen (secondary N) is 1. The van der Waals surface area contributed by atoms with E-state index in [4.69, 9.17) is 4.74 Å². The Kier molecular flexibility index (Phi) is 15.6. The largest absolute Gasteiger partial charge is 0.498 e. The van der Waals surface area contributed by atoms with Gasteiger partial charge in [-0.05, 0) is 39.7 Å². The van der Waals surface area contributed by atoms with Crippen LogP contribution in [0.25, 0.3) is 0 Å². The Labute approximate surface area is 160 Å². The van der Waals surface area contributed by atoms with E-state index in [1.54, 1.807) is 11.2 Å². The minimum Gasteiger partial charge on any atom is -0.498 e. The summed E-state index contributed by atoms with van der Waals surface area (Å²) in [7, 11) is 1.84. The summed E-state index contributed by atoms with van der Waals surface area (Å²) in [6.07, 6.45) is 13.9. The zero-order valence-corrected chi connectivity index (χ0v) is 17.1. The second kappa shape index (κ2) is 16.7. The van der Waals surface area contributed by atoms with Gasteiger partial charge in [0.1, 0.15) is 0 Å². The van der Waals surface area contributed by atoms with E-state index in [9.17, 15) is 4.79 Å². The zero-order valence-electron chi connectivity index (χ0n) is 17.1. The Morgan fingerprint density at radius 2 is 1.81 bits per heavy atom. The first kappa shape index (κ1) is 24.2. The Hall–Kier alpha value is -1.75. The first-order valence-electron chi connectivity index (χ1n) is 9.90. The van der Waals surface area contributed by atoms with Crippen molar-refractivity contribution in [2.75, 3.05) is 26.9 Å². The molecule has 5 nitrogen and oxygen atoms in total. The van der Waals surface area contributed by atoms with Gasteiger partial charge in [-0.25, -0.2) is 5.01 Å². The SMILES string of the molecule is C=CN(CC)N(CNC)C(=O)CCCCCC/C=C/CCOC(=C)CC. The number of unbranched alkanes of at least 4 members (excludes halogenated alkanes) is 4. The van der Waals surface area contributed by atoms with Crippen LogP contribution in [-0.2, 0) is 9.53 Å². The smallest absolute Gasteiger partial charge is 0.242 e. The number of carbonyl (C=O) groups is 1. The summed E-state index contributed by atoms with van der Waals surface area (Å²) in [5.41, 5.74) is 0. The van der Waals surface area contributed by atoms with Crippen molar-refractivity contribution in [3.8, 4) is 0 Å². The summed E-state index contributed by atoms with van der Waals surface area (Å²) in [6, 6.07) is 0. The molecule has 5 heteroatoms. The van der Waals surface area contributed by atoms with E-state index < -0.39 is 0 Å². The van der Waals surface area contributed by atoms with Crippen molar-refractivity contribution in [3.63, 3.8) is 0 Å². The lowest BCUT2D eigenvalue weighted by Crippen LogP contribution is -2.47. The van der Waals surface area contributed by atoms with Gasteiger partial charge in [0.25, 0.3) is 0 Å². The third-order valence-corrected chi connectivity index (χ3v) is 4.10. The number of rotatable bonds is 17. The maximum atomic E-state index is 12.4. The quantitative estimate of drug-likeness (QED) is 0.134. The minimum atomic E-state index is 0.148. The first-order chi connectivity index (χ1) is 12.6. The lowest BCUT2D eigenvalue weighted by molar-refractivity contribution is -0.145. The highest BCUT2D eigenvalue weighted by Crippen LogP contribution is 2.09. The fraction of sp³-hybridized carbons (Fsp3) is 0.667. The fourth-order valence-corrected chi connectivity index (χ4v) is 2.50. The van der Waals surface area contributed by atoms with Gasteiger partial charge in [0.05, 0.1) is 19.0 Å². The van der Waals surface area contributed by atoms with Crippen LogP contribution >= 0.6 is 0 Å². The summed E-state index contributed by atoms with van der Waals surface area (Å²) in [6.45, 7) is 13.6. The molecular weight excluding hydrogens is 326 g/mol. The summed E-state index contributed by atoms with van der Waals surface area (Å²) < 4.78 is 5.45. The predicted molar refractivity (Wildman–Crippen MR) is 110 cm³/mol. The van der Waals surface area contributed by atoms with E-state index in [1.165, 1.54) is 6.42 Å². The van der Waals surface area contributed by atoms with Crippen molar-refractivity contribution in [2.24, 2.45) is 0 Å². The van der Waals surface area contributed by atoms with E-state index >= 15 is 0 Å². The third-order valence-electron chi connectivity index (χ3n) is 4.10. The van der Waals surface area contributed by atoms with Gasteiger partial charge >= 0.3 is 0 Å². The number of carbonyl (C=O) groups excluding carboxylic acids is 1. The summed E-state index contributed by atoms with van der Waals surface area (Å²) >= 11 is 0. The van der Waals surface area contributed by atoms with Gasteiger partial charge in [-0.1, -0.05) is 45.1 Å². The first-order valence-corrected chi connectivity index (χ1v) is 9.90. The molecule has 0 saturated heterocycles. The molecule has 0 atom stereocenters. The lowest BCUT2D eigenvalue weighted by Gasteiger charge is -2.32. The number of hydrazine groups is 1. The van der Waals surface area contributed by atoms with Crippen LogP contribution in [0.1, 0.15) is 65.2 Å². The van der Waals surface area contributed by atoms with Gasteiger partial charge in [-0.15, -0.1) is 0 Å². The molecule has 0 bridgehead atoms. The summed E-state index contributed by atoms with van der Waals surface area (Å²) in [5, 5.41) is 6.62. The van der Waals surface area contributed by atoms with E-state index in [1.807, 2.05) is 25.9 Å². The molecule has 0 fully saturated rings.